The van der Waals surface area contributed by atoms with E-state index in [1.54, 1.807) is 6.07 Å². The highest BCUT2D eigenvalue weighted by atomic mass is 32.2. The SMILES string of the molecule is CCN1CC(c2cc(F)ccc2N(c2ccc3c(c2C(=O)O)OCC2CC32)[SH](=O)=O)C1. The molecule has 31 heavy (non-hydrogen) atoms. The largest absolute Gasteiger partial charge is 0.492 e. The smallest absolute Gasteiger partial charge is 0.341 e. The van der Waals surface area contributed by atoms with Gasteiger partial charge in [-0.3, -0.25) is 0 Å². The van der Waals surface area contributed by atoms with E-state index in [-0.39, 0.29) is 34.5 Å². The zero-order valence-corrected chi connectivity index (χ0v) is 17.8. The maximum absolute atomic E-state index is 14.1. The number of thiol groups is 1. The quantitative estimate of drug-likeness (QED) is 0.663. The molecule has 1 aliphatic carbocycles. The summed E-state index contributed by atoms with van der Waals surface area (Å²) in [5.74, 6) is -0.829. The van der Waals surface area contributed by atoms with Crippen LogP contribution in [0.15, 0.2) is 30.3 Å². The fourth-order valence-electron chi connectivity index (χ4n) is 4.80. The summed E-state index contributed by atoms with van der Waals surface area (Å²) in [7, 11) is -3.24. The van der Waals surface area contributed by atoms with Crippen LogP contribution in [0.3, 0.4) is 0 Å². The lowest BCUT2D eigenvalue weighted by Crippen LogP contribution is -2.45. The number of hydrogen-bond donors (Lipinski definition) is 2. The maximum atomic E-state index is 14.1. The van der Waals surface area contributed by atoms with Gasteiger partial charge in [0, 0.05) is 24.9 Å². The maximum Gasteiger partial charge on any atom is 0.341 e. The lowest BCUT2D eigenvalue weighted by Gasteiger charge is -2.40. The van der Waals surface area contributed by atoms with Crippen LogP contribution in [0.2, 0.25) is 0 Å². The molecular weight excluding hydrogens is 423 g/mol. The van der Waals surface area contributed by atoms with Crippen molar-refractivity contribution in [3.63, 3.8) is 0 Å². The van der Waals surface area contributed by atoms with Crippen molar-refractivity contribution in [1.82, 2.24) is 4.90 Å². The number of ether oxygens (including phenoxy) is 1. The molecule has 1 N–H and O–H groups in total. The zero-order chi connectivity index (χ0) is 21.9. The second kappa shape index (κ2) is 7.49. The Balaban J connectivity index is 1.65. The summed E-state index contributed by atoms with van der Waals surface area (Å²) in [6.45, 7) is 4.70. The van der Waals surface area contributed by atoms with Gasteiger partial charge in [0.2, 0.25) is 10.9 Å². The van der Waals surface area contributed by atoms with E-state index >= 15 is 0 Å². The average Bonchev–Trinajstić information content (AvgIpc) is 3.48. The Morgan fingerprint density at radius 3 is 2.65 bits per heavy atom. The minimum Gasteiger partial charge on any atom is -0.492 e. The van der Waals surface area contributed by atoms with E-state index in [2.05, 4.69) is 4.90 Å². The van der Waals surface area contributed by atoms with Crippen molar-refractivity contribution < 1.29 is 27.4 Å². The van der Waals surface area contributed by atoms with Crippen LogP contribution in [0.1, 0.15) is 46.7 Å². The van der Waals surface area contributed by atoms with E-state index in [0.717, 1.165) is 22.8 Å². The fourth-order valence-corrected chi connectivity index (χ4v) is 5.50. The first-order valence-corrected chi connectivity index (χ1v) is 11.5. The number of likely N-dealkylation sites (N-methyl/N-ethyl adjacent to an activating group) is 1. The average molecular weight is 447 g/mol. The number of likely N-dealkylation sites (tertiary alicyclic amines) is 1. The van der Waals surface area contributed by atoms with Crippen LogP contribution in [0.5, 0.6) is 5.75 Å². The Kier molecular flexibility index (Phi) is 4.90. The molecule has 0 amide bonds. The molecular formula is C22H23FN2O5S. The Hall–Kier alpha value is -2.65. The molecule has 2 atom stereocenters. The van der Waals surface area contributed by atoms with Gasteiger partial charge in [0.15, 0.2) is 0 Å². The number of fused-ring (bicyclic) bond motifs is 3. The van der Waals surface area contributed by atoms with Crippen LogP contribution >= 0.6 is 0 Å². The first-order valence-electron chi connectivity index (χ1n) is 10.4. The third-order valence-corrected chi connectivity index (χ3v) is 7.35. The highest BCUT2D eigenvalue weighted by molar-refractivity contribution is 7.74. The van der Waals surface area contributed by atoms with Gasteiger partial charge in [-0.2, -0.15) is 0 Å². The van der Waals surface area contributed by atoms with Crippen molar-refractivity contribution in [2.75, 3.05) is 30.5 Å². The zero-order valence-electron chi connectivity index (χ0n) is 17.0. The monoisotopic (exact) mass is 446 g/mol. The lowest BCUT2D eigenvalue weighted by molar-refractivity contribution is 0.0692. The van der Waals surface area contributed by atoms with Gasteiger partial charge in [0.05, 0.1) is 18.0 Å². The highest BCUT2D eigenvalue weighted by Gasteiger charge is 2.46. The van der Waals surface area contributed by atoms with Crippen molar-refractivity contribution in [3.8, 4) is 5.75 Å². The van der Waals surface area contributed by atoms with Crippen LogP contribution < -0.4 is 9.04 Å². The fraction of sp³-hybridized carbons (Fsp3) is 0.409. The van der Waals surface area contributed by atoms with Gasteiger partial charge < -0.3 is 14.7 Å². The van der Waals surface area contributed by atoms with Gasteiger partial charge in [0.1, 0.15) is 17.1 Å². The minimum atomic E-state index is -3.24. The number of nitrogens with zero attached hydrogens (tertiary/aromatic N) is 2. The minimum absolute atomic E-state index is 0.0148. The van der Waals surface area contributed by atoms with Crippen molar-refractivity contribution in [3.05, 3.63) is 52.8 Å². The Morgan fingerprint density at radius 2 is 1.97 bits per heavy atom. The molecule has 2 fully saturated rings. The van der Waals surface area contributed by atoms with E-state index in [1.165, 1.54) is 24.3 Å². The van der Waals surface area contributed by atoms with Crippen molar-refractivity contribution >= 4 is 28.2 Å². The molecule has 1 saturated carbocycles. The molecule has 0 bridgehead atoms. The summed E-state index contributed by atoms with van der Waals surface area (Å²) in [6, 6.07) is 7.25. The molecule has 1 saturated heterocycles. The summed E-state index contributed by atoms with van der Waals surface area (Å²) in [5.41, 5.74) is 1.50. The summed E-state index contributed by atoms with van der Waals surface area (Å²) in [6.07, 6.45) is 0.947. The summed E-state index contributed by atoms with van der Waals surface area (Å²) in [5, 5.41) is 9.98. The molecule has 0 aromatic heterocycles. The van der Waals surface area contributed by atoms with Crippen molar-refractivity contribution in [2.24, 2.45) is 5.92 Å². The predicted octanol–water partition coefficient (Wildman–Crippen LogP) is 3.10. The van der Waals surface area contributed by atoms with Crippen molar-refractivity contribution in [1.29, 1.82) is 0 Å². The van der Waals surface area contributed by atoms with Crippen LogP contribution in [0.25, 0.3) is 0 Å². The number of rotatable bonds is 6. The number of halogens is 1. The molecule has 9 heteroatoms. The topological polar surface area (TPSA) is 87.2 Å². The number of carboxylic acids is 1. The van der Waals surface area contributed by atoms with E-state index in [4.69, 9.17) is 4.74 Å². The van der Waals surface area contributed by atoms with Crippen LogP contribution in [0, 0.1) is 11.7 Å². The number of aromatic carboxylic acids is 1. The van der Waals surface area contributed by atoms with Gasteiger partial charge in [-0.05, 0) is 54.3 Å². The number of benzene rings is 2. The number of carbonyl (C=O) groups is 1. The Labute approximate surface area is 181 Å². The van der Waals surface area contributed by atoms with Gasteiger partial charge in [-0.25, -0.2) is 21.9 Å². The Bertz CT molecular complexity index is 1140. The second-order valence-electron chi connectivity index (χ2n) is 8.40. The summed E-state index contributed by atoms with van der Waals surface area (Å²) in [4.78, 5) is 14.4. The predicted molar refractivity (Wildman–Crippen MR) is 113 cm³/mol. The molecule has 0 radical (unpaired) electrons. The normalized spacial score (nSPS) is 22.3. The molecule has 2 aliphatic heterocycles. The molecule has 2 aromatic carbocycles. The van der Waals surface area contributed by atoms with E-state index in [9.17, 15) is 22.7 Å². The highest BCUT2D eigenvalue weighted by Crippen LogP contribution is 2.56. The molecule has 3 aliphatic rings. The van der Waals surface area contributed by atoms with Crippen molar-refractivity contribution in [2.45, 2.75) is 25.2 Å². The van der Waals surface area contributed by atoms with Crippen LogP contribution in [0.4, 0.5) is 15.8 Å². The first-order chi connectivity index (χ1) is 14.9. The van der Waals surface area contributed by atoms with E-state index < -0.39 is 22.7 Å². The van der Waals surface area contributed by atoms with Gasteiger partial charge in [-0.15, -0.1) is 0 Å². The molecule has 2 heterocycles. The third-order valence-electron chi connectivity index (χ3n) is 6.60. The molecule has 5 rings (SSSR count). The van der Waals surface area contributed by atoms with Gasteiger partial charge in [0.25, 0.3) is 0 Å². The molecule has 164 valence electrons. The van der Waals surface area contributed by atoms with E-state index in [0.29, 0.717) is 31.2 Å². The van der Waals surface area contributed by atoms with Gasteiger partial charge in [-0.1, -0.05) is 13.0 Å². The van der Waals surface area contributed by atoms with E-state index in [1.807, 2.05) is 6.92 Å². The summed E-state index contributed by atoms with van der Waals surface area (Å²) < 4.78 is 45.7. The second-order valence-corrected chi connectivity index (χ2v) is 9.27. The Morgan fingerprint density at radius 1 is 1.23 bits per heavy atom. The number of anilines is 2. The van der Waals surface area contributed by atoms with Crippen LogP contribution in [-0.4, -0.2) is 50.6 Å². The van der Waals surface area contributed by atoms with Crippen LogP contribution in [-0.2, 0) is 10.9 Å². The molecule has 0 spiro atoms. The number of carboxylic acid groups (broad SMARTS) is 1. The summed E-state index contributed by atoms with van der Waals surface area (Å²) >= 11 is 0. The molecule has 2 aromatic rings. The van der Waals surface area contributed by atoms with Gasteiger partial charge >= 0.3 is 5.97 Å². The molecule has 7 nitrogen and oxygen atoms in total. The standard InChI is InChI=1S/C22H23FN2O5S/c1-2-24-9-13(10-24)17-8-14(23)3-5-18(17)25(31(28)29)19-6-4-15-16-7-12(16)11-30-21(15)20(19)22(26)27/h3-6,8,12-13,16,31H,2,7,9-11H2,1H3,(H,26,27). The lowest BCUT2D eigenvalue weighted by atomic mass is 9.89. The molecule has 2 unspecified atom stereocenters. The first kappa shape index (κ1) is 20.3. The third kappa shape index (κ3) is 3.36. The number of hydrogen-bond acceptors (Lipinski definition) is 5.